The fourth-order valence-electron chi connectivity index (χ4n) is 3.34. The molecule has 0 atom stereocenters. The van der Waals surface area contributed by atoms with Gasteiger partial charge < -0.3 is 16.6 Å². The van der Waals surface area contributed by atoms with Gasteiger partial charge >= 0.3 is 5.97 Å². The van der Waals surface area contributed by atoms with Crippen LogP contribution in [0.4, 0.5) is 5.69 Å². The van der Waals surface area contributed by atoms with E-state index in [1.165, 1.54) is 6.07 Å². The second-order valence-electron chi connectivity index (χ2n) is 5.79. The van der Waals surface area contributed by atoms with E-state index < -0.39 is 11.6 Å². The second kappa shape index (κ2) is 5.73. The number of anilines is 1. The summed E-state index contributed by atoms with van der Waals surface area (Å²) in [7, 11) is 0. The van der Waals surface area contributed by atoms with Gasteiger partial charge in [0.05, 0.1) is 11.3 Å². The van der Waals surface area contributed by atoms with E-state index in [-0.39, 0.29) is 17.5 Å². The lowest BCUT2D eigenvalue weighted by Gasteiger charge is -2.46. The van der Waals surface area contributed by atoms with Crippen molar-refractivity contribution in [1.82, 2.24) is 0 Å². The van der Waals surface area contributed by atoms with Crippen molar-refractivity contribution in [2.24, 2.45) is 21.5 Å². The monoisotopic (exact) mass is 335 g/mol. The lowest BCUT2D eigenvalue weighted by atomic mass is 9.87. The van der Waals surface area contributed by atoms with Crippen LogP contribution in [0.3, 0.4) is 0 Å². The number of hydrogen-bond acceptors (Lipinski definition) is 6. The van der Waals surface area contributed by atoms with Crippen LogP contribution in [0.15, 0.2) is 28.2 Å². The number of carbonyl (C=O) groups is 1. The summed E-state index contributed by atoms with van der Waals surface area (Å²) in [6.07, 6.45) is 4.53. The summed E-state index contributed by atoms with van der Waals surface area (Å²) in [6.45, 7) is 0. The summed E-state index contributed by atoms with van der Waals surface area (Å²) in [5.41, 5.74) is 11.7. The molecule has 0 bridgehead atoms. The molecule has 3 rings (SSSR count). The standard InChI is InChI=1S/C15H18ClN5O2/c16-9-4-5-11(10(8-9)12(22)23)21-14(18)19-13(17)20-15(21)6-2-1-3-7-15/h4-5,8H,1-3,6-7H2,(H,22,23)(H4,17,18,19,20). The van der Waals surface area contributed by atoms with E-state index in [1.807, 2.05) is 0 Å². The van der Waals surface area contributed by atoms with Gasteiger partial charge in [0.2, 0.25) is 11.9 Å². The minimum Gasteiger partial charge on any atom is -0.478 e. The Labute approximate surface area is 138 Å². The van der Waals surface area contributed by atoms with Crippen molar-refractivity contribution in [1.29, 1.82) is 0 Å². The first-order chi connectivity index (χ1) is 10.9. The van der Waals surface area contributed by atoms with E-state index in [0.717, 1.165) is 32.1 Å². The number of nitrogens with two attached hydrogens (primary N) is 2. The van der Waals surface area contributed by atoms with Gasteiger partial charge in [0, 0.05) is 5.02 Å². The Balaban J connectivity index is 2.16. The third-order valence-electron chi connectivity index (χ3n) is 4.28. The summed E-state index contributed by atoms with van der Waals surface area (Å²) >= 11 is 5.95. The molecule has 1 heterocycles. The van der Waals surface area contributed by atoms with Crippen molar-refractivity contribution in [3.05, 3.63) is 28.8 Å². The number of aromatic carboxylic acids is 1. The smallest absolute Gasteiger partial charge is 0.337 e. The summed E-state index contributed by atoms with van der Waals surface area (Å²) < 4.78 is 0. The molecule has 1 aromatic rings. The Morgan fingerprint density at radius 1 is 1.26 bits per heavy atom. The van der Waals surface area contributed by atoms with Crippen molar-refractivity contribution in [2.45, 2.75) is 37.8 Å². The molecular weight excluding hydrogens is 318 g/mol. The lowest BCUT2D eigenvalue weighted by Crippen LogP contribution is -2.58. The van der Waals surface area contributed by atoms with Gasteiger partial charge in [0.15, 0.2) is 0 Å². The molecule has 0 saturated heterocycles. The third-order valence-corrected chi connectivity index (χ3v) is 4.52. The molecule has 0 radical (unpaired) electrons. The van der Waals surface area contributed by atoms with Crippen molar-refractivity contribution < 1.29 is 9.90 Å². The zero-order valence-electron chi connectivity index (χ0n) is 12.5. The summed E-state index contributed by atoms with van der Waals surface area (Å²) in [5.74, 6) is -0.792. The maximum absolute atomic E-state index is 11.6. The number of guanidine groups is 2. The zero-order chi connectivity index (χ0) is 16.6. The van der Waals surface area contributed by atoms with E-state index in [2.05, 4.69) is 9.98 Å². The number of aliphatic imine (C=N–C) groups is 2. The number of carboxylic acids is 1. The molecule has 0 amide bonds. The average molecular weight is 336 g/mol. The normalized spacial score (nSPS) is 20.1. The van der Waals surface area contributed by atoms with Gasteiger partial charge in [0.1, 0.15) is 5.66 Å². The minimum absolute atomic E-state index is 0.0660. The lowest BCUT2D eigenvalue weighted by molar-refractivity contribution is 0.0697. The Bertz CT molecular complexity index is 710. The Morgan fingerprint density at radius 3 is 2.61 bits per heavy atom. The van der Waals surface area contributed by atoms with Gasteiger partial charge in [-0.25, -0.2) is 9.79 Å². The van der Waals surface area contributed by atoms with Crippen LogP contribution in [-0.2, 0) is 0 Å². The predicted octanol–water partition coefficient (Wildman–Crippen LogP) is 2.15. The first kappa shape index (κ1) is 15.6. The number of halogens is 1. The van der Waals surface area contributed by atoms with Crippen LogP contribution in [0, 0.1) is 0 Å². The van der Waals surface area contributed by atoms with Gasteiger partial charge in [0.25, 0.3) is 0 Å². The second-order valence-corrected chi connectivity index (χ2v) is 6.22. The van der Waals surface area contributed by atoms with Gasteiger partial charge in [-0.3, -0.25) is 4.90 Å². The number of rotatable bonds is 2. The minimum atomic E-state index is -1.08. The van der Waals surface area contributed by atoms with Crippen LogP contribution >= 0.6 is 11.6 Å². The molecule has 1 saturated carbocycles. The first-order valence-electron chi connectivity index (χ1n) is 7.45. The topological polar surface area (TPSA) is 117 Å². The quantitative estimate of drug-likeness (QED) is 0.765. The summed E-state index contributed by atoms with van der Waals surface area (Å²) in [5, 5.41) is 9.87. The zero-order valence-corrected chi connectivity index (χ0v) is 13.3. The molecule has 122 valence electrons. The molecule has 7 nitrogen and oxygen atoms in total. The summed E-state index contributed by atoms with van der Waals surface area (Å²) in [6, 6.07) is 4.68. The number of hydrogen-bond donors (Lipinski definition) is 3. The molecule has 1 aromatic carbocycles. The van der Waals surface area contributed by atoms with Crippen LogP contribution in [0.1, 0.15) is 42.5 Å². The molecule has 1 fully saturated rings. The van der Waals surface area contributed by atoms with Crippen LogP contribution in [-0.4, -0.2) is 28.7 Å². The fourth-order valence-corrected chi connectivity index (χ4v) is 3.52. The van der Waals surface area contributed by atoms with E-state index in [4.69, 9.17) is 23.1 Å². The van der Waals surface area contributed by atoms with Crippen LogP contribution in [0.25, 0.3) is 0 Å². The highest BCUT2D eigenvalue weighted by Gasteiger charge is 2.43. The number of carboxylic acid groups (broad SMARTS) is 1. The third kappa shape index (κ3) is 2.72. The highest BCUT2D eigenvalue weighted by atomic mass is 35.5. The van der Waals surface area contributed by atoms with Crippen LogP contribution in [0.5, 0.6) is 0 Å². The summed E-state index contributed by atoms with van der Waals surface area (Å²) in [4.78, 5) is 21.9. The predicted molar refractivity (Wildman–Crippen MR) is 90.0 cm³/mol. The molecule has 8 heteroatoms. The molecule has 1 spiro atoms. The molecular formula is C15H18ClN5O2. The largest absolute Gasteiger partial charge is 0.478 e. The Morgan fingerprint density at radius 2 is 1.96 bits per heavy atom. The average Bonchev–Trinajstić information content (AvgIpc) is 2.48. The molecule has 0 unspecified atom stereocenters. The molecule has 0 aromatic heterocycles. The van der Waals surface area contributed by atoms with Gasteiger partial charge in [-0.05, 0) is 43.9 Å². The molecule has 1 aliphatic carbocycles. The molecule has 1 aliphatic heterocycles. The van der Waals surface area contributed by atoms with Gasteiger partial charge in [-0.2, -0.15) is 4.99 Å². The Kier molecular flexibility index (Phi) is 3.89. The first-order valence-corrected chi connectivity index (χ1v) is 7.83. The maximum Gasteiger partial charge on any atom is 0.337 e. The number of benzene rings is 1. The highest BCUT2D eigenvalue weighted by molar-refractivity contribution is 6.31. The molecule has 5 N–H and O–H groups in total. The molecule has 23 heavy (non-hydrogen) atoms. The van der Waals surface area contributed by atoms with Gasteiger partial charge in [-0.15, -0.1) is 0 Å². The maximum atomic E-state index is 11.6. The van der Waals surface area contributed by atoms with E-state index in [0.29, 0.717) is 10.7 Å². The van der Waals surface area contributed by atoms with Crippen molar-refractivity contribution in [3.63, 3.8) is 0 Å². The SMILES string of the molecule is NC1=NC2(CCCCC2)N(c2ccc(Cl)cc2C(=O)O)C(N)=N1. The van der Waals surface area contributed by atoms with Gasteiger partial charge in [-0.1, -0.05) is 18.0 Å². The van der Waals surface area contributed by atoms with Crippen molar-refractivity contribution in [3.8, 4) is 0 Å². The van der Waals surface area contributed by atoms with E-state index in [1.54, 1.807) is 17.0 Å². The van der Waals surface area contributed by atoms with E-state index in [9.17, 15) is 9.90 Å². The van der Waals surface area contributed by atoms with Crippen LogP contribution < -0.4 is 16.4 Å². The fraction of sp³-hybridized carbons (Fsp3) is 0.400. The van der Waals surface area contributed by atoms with E-state index >= 15 is 0 Å². The van der Waals surface area contributed by atoms with Crippen molar-refractivity contribution >= 4 is 35.2 Å². The Hall–Kier alpha value is -2.28. The highest BCUT2D eigenvalue weighted by Crippen LogP contribution is 2.41. The van der Waals surface area contributed by atoms with Crippen LogP contribution in [0.2, 0.25) is 5.02 Å². The molecule has 2 aliphatic rings. The van der Waals surface area contributed by atoms with Crippen molar-refractivity contribution in [2.75, 3.05) is 4.90 Å². The number of nitrogens with zero attached hydrogens (tertiary/aromatic N) is 3.